The summed E-state index contributed by atoms with van der Waals surface area (Å²) in [6, 6.07) is 8.01. The number of hydrogen-bond acceptors (Lipinski definition) is 3. The predicted octanol–water partition coefficient (Wildman–Crippen LogP) is 2.15. The highest BCUT2D eigenvalue weighted by molar-refractivity contribution is 9.10. The zero-order valence-corrected chi connectivity index (χ0v) is 9.55. The van der Waals surface area contributed by atoms with Gasteiger partial charge in [0.15, 0.2) is 0 Å². The van der Waals surface area contributed by atoms with Crippen LogP contribution < -0.4 is 0 Å². The molecule has 0 bridgehead atoms. The Hall–Kier alpha value is -1.01. The van der Waals surface area contributed by atoms with E-state index >= 15 is 0 Å². The molecule has 2 aromatic rings. The summed E-state index contributed by atoms with van der Waals surface area (Å²) in [4.78, 5) is 1.60. The van der Waals surface area contributed by atoms with Gasteiger partial charge < -0.3 is 0 Å². The number of aromatic amines is 1. The molecule has 0 unspecified atom stereocenters. The second kappa shape index (κ2) is 4.02. The molecule has 0 fully saturated rings. The fraction of sp³-hybridized carbons (Fsp3) is 0.125. The van der Waals surface area contributed by atoms with Crippen LogP contribution in [0.25, 0.3) is 0 Å². The predicted molar refractivity (Wildman–Crippen MR) is 58.5 cm³/mol. The van der Waals surface area contributed by atoms with E-state index in [9.17, 15) is 0 Å². The van der Waals surface area contributed by atoms with Crippen LogP contribution in [-0.4, -0.2) is 20.2 Å². The lowest BCUT2D eigenvalue weighted by atomic mass is 10.2. The van der Waals surface area contributed by atoms with Crippen LogP contribution in [-0.2, 0) is 6.54 Å². The van der Waals surface area contributed by atoms with E-state index in [1.807, 2.05) is 24.3 Å². The Morgan fingerprint density at radius 2 is 2.07 bits per heavy atom. The second-order valence-electron chi connectivity index (χ2n) is 2.79. The van der Waals surface area contributed by atoms with E-state index in [1.54, 1.807) is 4.80 Å². The molecule has 0 radical (unpaired) electrons. The summed E-state index contributed by atoms with van der Waals surface area (Å²) < 4.78 is 1.47. The van der Waals surface area contributed by atoms with Gasteiger partial charge in [0.2, 0.25) is 4.77 Å². The first-order valence-corrected chi connectivity index (χ1v) is 5.18. The number of nitrogens with zero attached hydrogens (tertiary/aromatic N) is 3. The molecule has 0 aliphatic rings. The number of benzene rings is 1. The number of aromatic nitrogens is 4. The van der Waals surface area contributed by atoms with Crippen molar-refractivity contribution in [1.29, 1.82) is 0 Å². The highest BCUT2D eigenvalue weighted by Gasteiger charge is 1.96. The minimum atomic E-state index is 0.405. The standard InChI is InChI=1S/C8H7BrN4S/c9-7-3-1-6(2-4-7)5-13-11-8(14)10-12-13/h1-4H,5H2,(H,11,14). The zero-order chi connectivity index (χ0) is 9.97. The minimum absolute atomic E-state index is 0.405. The van der Waals surface area contributed by atoms with Gasteiger partial charge in [-0.15, -0.1) is 0 Å². The lowest BCUT2D eigenvalue weighted by molar-refractivity contribution is 0.572. The lowest BCUT2D eigenvalue weighted by Gasteiger charge is -1.99. The molecule has 0 aliphatic carbocycles. The molecule has 14 heavy (non-hydrogen) atoms. The van der Waals surface area contributed by atoms with Gasteiger partial charge in [-0.25, -0.2) is 0 Å². The fourth-order valence-electron chi connectivity index (χ4n) is 1.08. The summed E-state index contributed by atoms with van der Waals surface area (Å²) in [5, 5.41) is 10.4. The van der Waals surface area contributed by atoms with E-state index in [0.717, 1.165) is 10.0 Å². The van der Waals surface area contributed by atoms with Crippen molar-refractivity contribution in [3.05, 3.63) is 39.1 Å². The molecule has 0 saturated heterocycles. The SMILES string of the molecule is S=c1nnn(Cc2ccc(Br)cc2)[nH]1. The van der Waals surface area contributed by atoms with E-state index in [-0.39, 0.29) is 0 Å². The number of nitrogens with one attached hydrogen (secondary N) is 1. The molecule has 72 valence electrons. The molecule has 0 atom stereocenters. The quantitative estimate of drug-likeness (QED) is 0.851. The Labute approximate surface area is 94.1 Å². The summed E-state index contributed by atoms with van der Waals surface area (Å²) in [6.45, 7) is 0.650. The maximum absolute atomic E-state index is 4.81. The van der Waals surface area contributed by atoms with Crippen molar-refractivity contribution in [1.82, 2.24) is 20.2 Å². The average molecular weight is 271 g/mol. The molecule has 0 amide bonds. The monoisotopic (exact) mass is 270 g/mol. The molecule has 6 heteroatoms. The summed E-state index contributed by atoms with van der Waals surface area (Å²) in [7, 11) is 0. The maximum atomic E-state index is 4.81. The molecule has 0 aliphatic heterocycles. The fourth-order valence-corrected chi connectivity index (χ4v) is 1.49. The summed E-state index contributed by atoms with van der Waals surface area (Å²) in [5.41, 5.74) is 1.14. The number of hydrogen-bond donors (Lipinski definition) is 1. The van der Waals surface area contributed by atoms with Gasteiger partial charge in [0, 0.05) is 4.47 Å². The van der Waals surface area contributed by atoms with Crippen molar-refractivity contribution in [3.8, 4) is 0 Å². The molecule has 4 nitrogen and oxygen atoms in total. The first kappa shape index (κ1) is 9.54. The molecular weight excluding hydrogens is 264 g/mol. The van der Waals surface area contributed by atoms with Crippen molar-refractivity contribution in [3.63, 3.8) is 0 Å². The van der Waals surface area contributed by atoms with Crippen molar-refractivity contribution in [2.45, 2.75) is 6.54 Å². The lowest BCUT2D eigenvalue weighted by Crippen LogP contribution is -2.03. The maximum Gasteiger partial charge on any atom is 0.235 e. The van der Waals surface area contributed by atoms with Gasteiger partial charge in [-0.1, -0.05) is 33.2 Å². The van der Waals surface area contributed by atoms with Crippen LogP contribution in [0.5, 0.6) is 0 Å². The largest absolute Gasteiger partial charge is 0.253 e. The van der Waals surface area contributed by atoms with Crippen LogP contribution in [0.2, 0.25) is 0 Å². The van der Waals surface area contributed by atoms with Crippen LogP contribution >= 0.6 is 28.1 Å². The first-order valence-electron chi connectivity index (χ1n) is 3.98. The van der Waals surface area contributed by atoms with Crippen LogP contribution in [0.3, 0.4) is 0 Å². The molecule has 1 heterocycles. The second-order valence-corrected chi connectivity index (χ2v) is 4.09. The van der Waals surface area contributed by atoms with Crippen molar-refractivity contribution < 1.29 is 0 Å². The third-order valence-electron chi connectivity index (χ3n) is 1.71. The minimum Gasteiger partial charge on any atom is -0.253 e. The van der Waals surface area contributed by atoms with E-state index in [4.69, 9.17) is 12.2 Å². The summed E-state index contributed by atoms with van der Waals surface area (Å²) in [6.07, 6.45) is 0. The summed E-state index contributed by atoms with van der Waals surface area (Å²) >= 11 is 8.19. The Morgan fingerprint density at radius 3 is 2.64 bits per heavy atom. The van der Waals surface area contributed by atoms with E-state index in [1.165, 1.54) is 0 Å². The van der Waals surface area contributed by atoms with Crippen molar-refractivity contribution >= 4 is 28.1 Å². The topological polar surface area (TPSA) is 46.5 Å². The normalized spacial score (nSPS) is 10.4. The van der Waals surface area contributed by atoms with Gasteiger partial charge in [0.05, 0.1) is 6.54 Å². The van der Waals surface area contributed by atoms with Gasteiger partial charge in [0.25, 0.3) is 0 Å². The molecule has 0 saturated carbocycles. The number of rotatable bonds is 2. The van der Waals surface area contributed by atoms with E-state index in [0.29, 0.717) is 11.3 Å². The van der Waals surface area contributed by atoms with Crippen LogP contribution in [0.4, 0.5) is 0 Å². The number of H-pyrrole nitrogens is 1. The third-order valence-corrected chi connectivity index (χ3v) is 2.42. The third kappa shape index (κ3) is 2.27. The van der Waals surface area contributed by atoms with Crippen LogP contribution in [0, 0.1) is 4.77 Å². The van der Waals surface area contributed by atoms with Crippen molar-refractivity contribution in [2.75, 3.05) is 0 Å². The van der Waals surface area contributed by atoms with E-state index < -0.39 is 0 Å². The van der Waals surface area contributed by atoms with Gasteiger partial charge in [-0.05, 0) is 35.1 Å². The number of halogens is 1. The Balaban J connectivity index is 2.19. The van der Waals surface area contributed by atoms with Gasteiger partial charge in [-0.3, -0.25) is 5.10 Å². The van der Waals surface area contributed by atoms with Gasteiger partial charge in [-0.2, -0.15) is 4.80 Å². The van der Waals surface area contributed by atoms with E-state index in [2.05, 4.69) is 31.3 Å². The summed E-state index contributed by atoms with van der Waals surface area (Å²) in [5.74, 6) is 0. The van der Waals surface area contributed by atoms with Gasteiger partial charge in [0.1, 0.15) is 0 Å². The Morgan fingerprint density at radius 1 is 1.36 bits per heavy atom. The van der Waals surface area contributed by atoms with Crippen molar-refractivity contribution in [2.24, 2.45) is 0 Å². The Kier molecular flexibility index (Phi) is 2.74. The van der Waals surface area contributed by atoms with Crippen LogP contribution in [0.1, 0.15) is 5.56 Å². The highest BCUT2D eigenvalue weighted by atomic mass is 79.9. The molecule has 0 spiro atoms. The molecule has 1 aromatic heterocycles. The highest BCUT2D eigenvalue weighted by Crippen LogP contribution is 2.10. The number of tetrazole rings is 1. The first-order chi connectivity index (χ1) is 6.74. The zero-order valence-electron chi connectivity index (χ0n) is 7.14. The average Bonchev–Trinajstić information content (AvgIpc) is 2.56. The molecule has 1 aromatic carbocycles. The molecule has 1 N–H and O–H groups in total. The Bertz CT molecular complexity index is 473. The smallest absolute Gasteiger partial charge is 0.235 e. The van der Waals surface area contributed by atoms with Gasteiger partial charge >= 0.3 is 0 Å². The molecule has 2 rings (SSSR count). The van der Waals surface area contributed by atoms with Crippen LogP contribution in [0.15, 0.2) is 28.7 Å². The molecular formula is C8H7BrN4S.